The smallest absolute Gasteiger partial charge is 0.267 e. The van der Waals surface area contributed by atoms with Crippen LogP contribution in [-0.2, 0) is 6.54 Å². The van der Waals surface area contributed by atoms with Crippen LogP contribution in [0.3, 0.4) is 0 Å². The van der Waals surface area contributed by atoms with E-state index in [2.05, 4.69) is 21.3 Å². The minimum atomic E-state index is -0.196. The van der Waals surface area contributed by atoms with Gasteiger partial charge in [-0.25, -0.2) is 4.68 Å². The maximum absolute atomic E-state index is 12.3. The van der Waals surface area contributed by atoms with Gasteiger partial charge in [-0.15, -0.1) is 0 Å². The van der Waals surface area contributed by atoms with Gasteiger partial charge in [-0.3, -0.25) is 4.79 Å². The van der Waals surface area contributed by atoms with Gasteiger partial charge in [0.1, 0.15) is 0 Å². The van der Waals surface area contributed by atoms with E-state index in [1.165, 1.54) is 10.7 Å². The fourth-order valence-corrected chi connectivity index (χ4v) is 2.83. The molecule has 0 amide bonds. The van der Waals surface area contributed by atoms with E-state index in [1.54, 1.807) is 25.1 Å². The Morgan fingerprint density at radius 2 is 1.89 bits per heavy atom. The van der Waals surface area contributed by atoms with E-state index in [0.717, 1.165) is 16.7 Å². The van der Waals surface area contributed by atoms with Crippen LogP contribution in [0.15, 0.2) is 70.0 Å². The summed E-state index contributed by atoms with van der Waals surface area (Å²) in [4.78, 5) is 16.5. The van der Waals surface area contributed by atoms with Crippen LogP contribution in [0.5, 0.6) is 0 Å². The molecule has 0 aliphatic rings. The van der Waals surface area contributed by atoms with Crippen molar-refractivity contribution in [3.8, 4) is 28.7 Å². The molecule has 0 aliphatic carbocycles. The van der Waals surface area contributed by atoms with Gasteiger partial charge in [-0.1, -0.05) is 35.5 Å². The maximum Gasteiger partial charge on any atom is 0.267 e. The fraction of sp³-hybridized carbons (Fsp3) is 0.0952. The molecular formula is C21H15N5O2. The first-order valence-corrected chi connectivity index (χ1v) is 8.61. The molecule has 0 saturated carbocycles. The van der Waals surface area contributed by atoms with Crippen molar-refractivity contribution < 1.29 is 4.52 Å². The van der Waals surface area contributed by atoms with Gasteiger partial charge in [0, 0.05) is 24.1 Å². The van der Waals surface area contributed by atoms with E-state index >= 15 is 0 Å². The molecule has 0 saturated heterocycles. The summed E-state index contributed by atoms with van der Waals surface area (Å²) in [6, 6.07) is 19.9. The molecule has 0 atom stereocenters. The fourth-order valence-electron chi connectivity index (χ4n) is 2.83. The van der Waals surface area contributed by atoms with E-state index in [4.69, 9.17) is 9.78 Å². The molecule has 0 unspecified atom stereocenters. The topological polar surface area (TPSA) is 97.6 Å². The molecule has 7 heteroatoms. The summed E-state index contributed by atoms with van der Waals surface area (Å²) in [6.45, 7) is 2.05. The molecule has 2 heterocycles. The molecule has 0 N–H and O–H groups in total. The minimum absolute atomic E-state index is 0.196. The van der Waals surface area contributed by atoms with Crippen molar-refractivity contribution in [3.63, 3.8) is 0 Å². The van der Waals surface area contributed by atoms with Crippen molar-refractivity contribution in [2.24, 2.45) is 0 Å². The second-order valence-electron chi connectivity index (χ2n) is 6.24. The molecule has 0 spiro atoms. The van der Waals surface area contributed by atoms with Gasteiger partial charge in [0.15, 0.2) is 0 Å². The molecule has 4 aromatic rings. The normalized spacial score (nSPS) is 10.6. The van der Waals surface area contributed by atoms with Crippen molar-refractivity contribution >= 4 is 0 Å². The molecule has 0 aliphatic heterocycles. The Hall–Kier alpha value is -4.05. The number of nitrogens with zero attached hydrogens (tertiary/aromatic N) is 5. The molecule has 0 bridgehead atoms. The number of benzene rings is 2. The maximum atomic E-state index is 12.3. The average molecular weight is 369 g/mol. The second-order valence-corrected chi connectivity index (χ2v) is 6.24. The third-order valence-corrected chi connectivity index (χ3v) is 4.22. The Balaban J connectivity index is 1.65. The van der Waals surface area contributed by atoms with Crippen LogP contribution in [0.1, 0.15) is 17.0 Å². The first-order valence-electron chi connectivity index (χ1n) is 8.61. The third-order valence-electron chi connectivity index (χ3n) is 4.22. The number of hydrogen-bond acceptors (Lipinski definition) is 6. The zero-order valence-corrected chi connectivity index (χ0v) is 15.0. The van der Waals surface area contributed by atoms with E-state index in [0.29, 0.717) is 29.5 Å². The highest BCUT2D eigenvalue weighted by Gasteiger charge is 2.08. The average Bonchev–Trinajstić information content (AvgIpc) is 3.16. The van der Waals surface area contributed by atoms with Gasteiger partial charge >= 0.3 is 0 Å². The van der Waals surface area contributed by atoms with E-state index in [1.807, 2.05) is 36.4 Å². The SMILES string of the molecule is Cc1nc(-c2cccc(Cn3nc(-c4ccc(C#N)cc4)ccc3=O)c2)no1. The predicted octanol–water partition coefficient (Wildman–Crippen LogP) is 3.19. The molecule has 28 heavy (non-hydrogen) atoms. The summed E-state index contributed by atoms with van der Waals surface area (Å²) in [5, 5.41) is 17.3. The van der Waals surface area contributed by atoms with Gasteiger partial charge in [0.05, 0.1) is 23.9 Å². The Morgan fingerprint density at radius 1 is 1.07 bits per heavy atom. The number of rotatable bonds is 4. The van der Waals surface area contributed by atoms with Crippen molar-refractivity contribution in [3.05, 3.63) is 88.0 Å². The van der Waals surface area contributed by atoms with E-state index in [9.17, 15) is 4.79 Å². The zero-order valence-electron chi connectivity index (χ0n) is 15.0. The van der Waals surface area contributed by atoms with Crippen molar-refractivity contribution in [2.45, 2.75) is 13.5 Å². The molecule has 4 rings (SSSR count). The lowest BCUT2D eigenvalue weighted by molar-refractivity contribution is 0.394. The van der Waals surface area contributed by atoms with Crippen LogP contribution in [0.4, 0.5) is 0 Å². The predicted molar refractivity (Wildman–Crippen MR) is 102 cm³/mol. The molecule has 7 nitrogen and oxygen atoms in total. The van der Waals surface area contributed by atoms with E-state index < -0.39 is 0 Å². The van der Waals surface area contributed by atoms with Gasteiger partial charge in [0.25, 0.3) is 5.56 Å². The molecule has 2 aromatic carbocycles. The highest BCUT2D eigenvalue weighted by atomic mass is 16.5. The summed E-state index contributed by atoms with van der Waals surface area (Å²) in [7, 11) is 0. The lowest BCUT2D eigenvalue weighted by atomic mass is 10.1. The highest BCUT2D eigenvalue weighted by Crippen LogP contribution is 2.19. The Kier molecular flexibility index (Phi) is 4.52. The van der Waals surface area contributed by atoms with Crippen LogP contribution >= 0.6 is 0 Å². The minimum Gasteiger partial charge on any atom is -0.339 e. The van der Waals surface area contributed by atoms with Crippen molar-refractivity contribution in [2.75, 3.05) is 0 Å². The van der Waals surface area contributed by atoms with Crippen LogP contribution in [0, 0.1) is 18.3 Å². The monoisotopic (exact) mass is 369 g/mol. The van der Waals surface area contributed by atoms with Crippen LogP contribution in [0.25, 0.3) is 22.6 Å². The Bertz CT molecular complexity index is 1230. The number of nitriles is 1. The zero-order chi connectivity index (χ0) is 19.5. The summed E-state index contributed by atoms with van der Waals surface area (Å²) < 4.78 is 6.44. The van der Waals surface area contributed by atoms with Crippen LogP contribution in [-0.4, -0.2) is 19.9 Å². The molecule has 2 aromatic heterocycles. The Morgan fingerprint density at radius 3 is 2.61 bits per heavy atom. The first kappa shape index (κ1) is 17.4. The van der Waals surface area contributed by atoms with Crippen molar-refractivity contribution in [1.29, 1.82) is 5.26 Å². The lowest BCUT2D eigenvalue weighted by Gasteiger charge is -2.08. The highest BCUT2D eigenvalue weighted by molar-refractivity contribution is 5.59. The van der Waals surface area contributed by atoms with Gasteiger partial charge in [-0.2, -0.15) is 15.3 Å². The first-order chi connectivity index (χ1) is 13.6. The summed E-state index contributed by atoms with van der Waals surface area (Å²) in [5.41, 5.74) is 3.58. The van der Waals surface area contributed by atoms with E-state index in [-0.39, 0.29) is 5.56 Å². The lowest BCUT2D eigenvalue weighted by Crippen LogP contribution is -2.22. The quantitative estimate of drug-likeness (QED) is 0.548. The second kappa shape index (κ2) is 7.29. The van der Waals surface area contributed by atoms with Gasteiger partial charge < -0.3 is 4.52 Å². The Labute approximate surface area is 160 Å². The summed E-state index contributed by atoms with van der Waals surface area (Å²) >= 11 is 0. The molecule has 0 fully saturated rings. The molecule has 0 radical (unpaired) electrons. The third kappa shape index (κ3) is 3.57. The number of aryl methyl sites for hydroxylation is 1. The molecule has 136 valence electrons. The summed E-state index contributed by atoms with van der Waals surface area (Å²) in [5.74, 6) is 0.999. The largest absolute Gasteiger partial charge is 0.339 e. The number of aromatic nitrogens is 4. The number of hydrogen-bond donors (Lipinski definition) is 0. The van der Waals surface area contributed by atoms with Gasteiger partial charge in [0.2, 0.25) is 11.7 Å². The summed E-state index contributed by atoms with van der Waals surface area (Å²) in [6.07, 6.45) is 0. The molecular weight excluding hydrogens is 354 g/mol. The van der Waals surface area contributed by atoms with Crippen LogP contribution in [0.2, 0.25) is 0 Å². The van der Waals surface area contributed by atoms with Crippen LogP contribution < -0.4 is 5.56 Å². The van der Waals surface area contributed by atoms with Crippen molar-refractivity contribution in [1.82, 2.24) is 19.9 Å². The standard InChI is InChI=1S/C21H15N5O2/c1-14-23-21(25-28-14)18-4-2-3-16(11-18)13-26-20(27)10-9-19(24-26)17-7-5-15(12-22)6-8-17/h2-11H,13H2,1H3. The van der Waals surface area contributed by atoms with Gasteiger partial charge in [-0.05, 0) is 29.8 Å².